The first kappa shape index (κ1) is 29.1. The van der Waals surface area contributed by atoms with E-state index in [2.05, 4.69) is 5.32 Å². The number of thioether (sulfide) groups is 3. The number of carbonyl (C=O) groups excluding carboxylic acids is 3. The minimum absolute atomic E-state index is 0.0283. The van der Waals surface area contributed by atoms with E-state index in [1.807, 2.05) is 30.5 Å². The topological polar surface area (TPSA) is 114 Å². The second kappa shape index (κ2) is 12.5. The summed E-state index contributed by atoms with van der Waals surface area (Å²) in [4.78, 5) is 40.4. The fourth-order valence-corrected chi connectivity index (χ4v) is 8.19. The number of aryl methyl sites for hydroxylation is 2. The van der Waals surface area contributed by atoms with Crippen LogP contribution in [-0.2, 0) is 20.9 Å². The Hall–Kier alpha value is -1.89. The maximum Gasteiger partial charge on any atom is 0.253 e. The minimum atomic E-state index is -1.41. The maximum atomic E-state index is 12.9. The van der Waals surface area contributed by atoms with E-state index in [4.69, 9.17) is 23.2 Å². The van der Waals surface area contributed by atoms with Crippen molar-refractivity contribution in [1.82, 2.24) is 10.2 Å². The molecule has 38 heavy (non-hydrogen) atoms. The molecule has 2 N–H and O–H groups in total. The molecule has 0 unspecified atom stereocenters. The number of nitrogens with one attached hydrogen (secondary N) is 1. The molecule has 0 aliphatic carbocycles. The predicted octanol–water partition coefficient (Wildman–Crippen LogP) is 2.18. The summed E-state index contributed by atoms with van der Waals surface area (Å²) in [6, 6.07) is 8.12. The summed E-state index contributed by atoms with van der Waals surface area (Å²) < 4.78 is 2.01. The van der Waals surface area contributed by atoms with Crippen LogP contribution in [-0.4, -0.2) is 63.1 Å². The Bertz CT molecular complexity index is 1300. The average Bonchev–Trinajstić information content (AvgIpc) is 2.87. The summed E-state index contributed by atoms with van der Waals surface area (Å²) in [6.07, 6.45) is 0. The molecular formula is C25H25Cl2N3O5S3. The van der Waals surface area contributed by atoms with Gasteiger partial charge < -0.3 is 20.3 Å². The Morgan fingerprint density at radius 2 is 1.92 bits per heavy atom. The summed E-state index contributed by atoms with van der Waals surface area (Å²) in [7, 11) is 0. The molecule has 2 aliphatic heterocycles. The number of aliphatic hydroxyl groups is 1. The van der Waals surface area contributed by atoms with Gasteiger partial charge in [-0.1, -0.05) is 23.2 Å². The number of nitrogens with zero attached hydrogens (tertiary/aromatic N) is 2. The molecule has 8 nitrogen and oxygen atoms in total. The smallest absolute Gasteiger partial charge is 0.253 e. The Morgan fingerprint density at radius 1 is 1.21 bits per heavy atom. The molecule has 202 valence electrons. The zero-order valence-corrected chi connectivity index (χ0v) is 24.5. The predicted molar refractivity (Wildman–Crippen MR) is 148 cm³/mol. The van der Waals surface area contributed by atoms with Crippen molar-refractivity contribution in [2.45, 2.75) is 41.6 Å². The first-order chi connectivity index (χ1) is 18.1. The lowest BCUT2D eigenvalue weighted by molar-refractivity contribution is -0.710. The molecule has 2 aromatic rings. The van der Waals surface area contributed by atoms with E-state index in [0.29, 0.717) is 38.6 Å². The van der Waals surface area contributed by atoms with Crippen molar-refractivity contribution < 1.29 is 29.2 Å². The van der Waals surface area contributed by atoms with Crippen LogP contribution in [0.25, 0.3) is 0 Å². The summed E-state index contributed by atoms with van der Waals surface area (Å²) in [5.74, 6) is -1.43. The second-order valence-electron chi connectivity index (χ2n) is 8.70. The van der Waals surface area contributed by atoms with Crippen LogP contribution in [0, 0.1) is 13.8 Å². The zero-order chi connectivity index (χ0) is 27.6. The molecule has 1 saturated heterocycles. The number of hydrogen-bond acceptors (Lipinski definition) is 8. The molecule has 0 saturated carbocycles. The number of halogens is 2. The highest BCUT2D eigenvalue weighted by molar-refractivity contribution is 8.01. The fraction of sp³-hybridized carbons (Fsp3) is 0.360. The quantitative estimate of drug-likeness (QED) is 0.238. The number of aliphatic hydroxyl groups excluding tert-OH is 1. The molecule has 1 aromatic heterocycles. The minimum Gasteiger partial charge on any atom is -0.543 e. The largest absolute Gasteiger partial charge is 0.543 e. The van der Waals surface area contributed by atoms with Gasteiger partial charge in [0.2, 0.25) is 5.91 Å². The number of carboxylic acid groups (broad SMARTS) is 1. The fourth-order valence-electron chi connectivity index (χ4n) is 4.32. The van der Waals surface area contributed by atoms with E-state index in [0.717, 1.165) is 16.3 Å². The van der Waals surface area contributed by atoms with Crippen molar-refractivity contribution in [3.8, 4) is 0 Å². The SMILES string of the molecule is Cc1cc(SCC2=C(C(=O)[O-])N3C(=O)[C@@H](NC(=O)CSc4cc(Cl)ccc4Cl)[C@H]3SC2)cc(C)[n+]1CCO. The summed E-state index contributed by atoms with van der Waals surface area (Å²) in [6.45, 7) is 4.45. The third kappa shape index (κ3) is 6.29. The molecule has 2 atom stereocenters. The van der Waals surface area contributed by atoms with E-state index in [-0.39, 0.29) is 24.0 Å². The van der Waals surface area contributed by atoms with Crippen molar-refractivity contribution in [2.24, 2.45) is 0 Å². The lowest BCUT2D eigenvalue weighted by Crippen LogP contribution is -2.71. The van der Waals surface area contributed by atoms with E-state index >= 15 is 0 Å². The number of β-lactam (4-membered cyclic amide) rings is 1. The number of aromatic nitrogens is 1. The maximum absolute atomic E-state index is 12.9. The van der Waals surface area contributed by atoms with Crippen LogP contribution in [0.2, 0.25) is 10.0 Å². The number of carboxylic acids is 1. The van der Waals surface area contributed by atoms with Crippen LogP contribution in [0.15, 0.2) is 51.4 Å². The first-order valence-electron chi connectivity index (χ1n) is 11.6. The third-order valence-corrected chi connectivity index (χ3v) is 10.2. The monoisotopic (exact) mass is 613 g/mol. The molecule has 2 amide bonds. The normalized spacial score (nSPS) is 18.8. The van der Waals surface area contributed by atoms with Gasteiger partial charge in [-0.05, 0) is 23.8 Å². The summed E-state index contributed by atoms with van der Waals surface area (Å²) in [5.41, 5.74) is 2.46. The van der Waals surface area contributed by atoms with Crippen molar-refractivity contribution in [1.29, 1.82) is 0 Å². The van der Waals surface area contributed by atoms with E-state index in [9.17, 15) is 24.6 Å². The second-order valence-corrected chi connectivity index (χ2v) is 12.7. The van der Waals surface area contributed by atoms with Gasteiger partial charge in [0, 0.05) is 52.3 Å². The van der Waals surface area contributed by atoms with Crippen molar-refractivity contribution in [3.05, 3.63) is 63.0 Å². The number of aliphatic carboxylic acids is 1. The van der Waals surface area contributed by atoms with Gasteiger partial charge in [-0.25, -0.2) is 0 Å². The number of fused-ring (bicyclic) bond motifs is 1. The molecule has 13 heteroatoms. The van der Waals surface area contributed by atoms with Gasteiger partial charge in [0.05, 0.1) is 22.4 Å². The molecule has 3 heterocycles. The highest BCUT2D eigenvalue weighted by Gasteiger charge is 2.52. The van der Waals surface area contributed by atoms with Gasteiger partial charge in [0.1, 0.15) is 18.0 Å². The van der Waals surface area contributed by atoms with Gasteiger partial charge >= 0.3 is 0 Å². The molecular weight excluding hydrogens is 589 g/mol. The van der Waals surface area contributed by atoms with Crippen molar-refractivity contribution >= 4 is 76.3 Å². The van der Waals surface area contributed by atoms with Crippen LogP contribution in [0.4, 0.5) is 0 Å². The molecule has 1 aromatic carbocycles. The van der Waals surface area contributed by atoms with Crippen molar-refractivity contribution in [3.63, 3.8) is 0 Å². The standard InChI is InChI=1S/C25H25Cl2N3O5S3/c1-13-7-17(8-14(2)29(13)5-6-31)36-10-15-11-38-24-21(23(33)30(24)22(15)25(34)35)28-20(32)12-37-19-9-16(26)3-4-18(19)27/h3-4,7-9,21,24,31H,5-6,10-12H2,1-2H3,(H-,28,32,34,35)/t21-,24-/m1/s1. The number of amides is 2. The lowest BCUT2D eigenvalue weighted by atomic mass is 10.0. The van der Waals surface area contributed by atoms with Gasteiger partial charge in [-0.15, -0.1) is 35.3 Å². The van der Waals surface area contributed by atoms with Crippen LogP contribution in [0.5, 0.6) is 0 Å². The van der Waals surface area contributed by atoms with Gasteiger partial charge in [0.15, 0.2) is 17.9 Å². The molecule has 2 aliphatic rings. The summed E-state index contributed by atoms with van der Waals surface area (Å²) in [5, 5.41) is 24.5. The molecule has 1 fully saturated rings. The first-order valence-corrected chi connectivity index (χ1v) is 15.4. The van der Waals surface area contributed by atoms with Crippen LogP contribution in [0.1, 0.15) is 11.4 Å². The molecule has 0 spiro atoms. The lowest BCUT2D eigenvalue weighted by Gasteiger charge is -2.50. The van der Waals surface area contributed by atoms with Crippen LogP contribution in [0.3, 0.4) is 0 Å². The number of pyridine rings is 1. The highest BCUT2D eigenvalue weighted by Crippen LogP contribution is 2.41. The van der Waals surface area contributed by atoms with Gasteiger partial charge in [0.25, 0.3) is 5.91 Å². The Kier molecular flexibility index (Phi) is 9.59. The Morgan fingerprint density at radius 3 is 2.58 bits per heavy atom. The van der Waals surface area contributed by atoms with E-state index < -0.39 is 23.3 Å². The Balaban J connectivity index is 1.40. The van der Waals surface area contributed by atoms with E-state index in [1.165, 1.54) is 40.2 Å². The third-order valence-electron chi connectivity index (χ3n) is 6.10. The number of benzene rings is 1. The van der Waals surface area contributed by atoms with Gasteiger partial charge in [-0.2, -0.15) is 4.57 Å². The molecule has 0 radical (unpaired) electrons. The van der Waals surface area contributed by atoms with Crippen LogP contribution < -0.4 is 15.0 Å². The Labute approximate surface area is 243 Å². The average molecular weight is 615 g/mol. The molecule has 4 rings (SSSR count). The number of rotatable bonds is 10. The molecule has 0 bridgehead atoms. The van der Waals surface area contributed by atoms with Gasteiger partial charge in [-0.3, -0.25) is 14.5 Å². The number of carbonyl (C=O) groups is 3. The van der Waals surface area contributed by atoms with E-state index in [1.54, 1.807) is 18.2 Å². The highest BCUT2D eigenvalue weighted by atomic mass is 35.5. The van der Waals surface area contributed by atoms with Crippen molar-refractivity contribution in [2.75, 3.05) is 23.9 Å². The zero-order valence-electron chi connectivity index (χ0n) is 20.5. The van der Waals surface area contributed by atoms with Crippen LogP contribution >= 0.6 is 58.5 Å². The number of hydrogen-bond donors (Lipinski definition) is 2. The summed E-state index contributed by atoms with van der Waals surface area (Å²) >= 11 is 16.2.